The molecule has 1 saturated heterocycles. The average Bonchev–Trinajstić information content (AvgIpc) is 2.81. The lowest BCUT2D eigenvalue weighted by atomic mass is 9.74. The minimum absolute atomic E-state index is 0.133. The Balaban J connectivity index is 1.84. The molecule has 2 aromatic rings. The molecule has 1 fully saturated rings. The van der Waals surface area contributed by atoms with Gasteiger partial charge in [-0.2, -0.15) is 0 Å². The molecular weight excluding hydrogens is 394 g/mol. The Hall–Kier alpha value is -2.73. The van der Waals surface area contributed by atoms with Crippen LogP contribution in [0, 0.1) is 0 Å². The van der Waals surface area contributed by atoms with Crippen molar-refractivity contribution in [1.82, 2.24) is 5.32 Å². The number of rotatable bonds is 10. The minimum atomic E-state index is -0.160. The van der Waals surface area contributed by atoms with Crippen LogP contribution in [0.5, 0.6) is 17.2 Å². The predicted octanol–water partition coefficient (Wildman–Crippen LogP) is 4.36. The van der Waals surface area contributed by atoms with Crippen LogP contribution in [-0.2, 0) is 10.2 Å². The summed E-state index contributed by atoms with van der Waals surface area (Å²) >= 11 is 0. The van der Waals surface area contributed by atoms with Crippen LogP contribution in [0.1, 0.15) is 49.5 Å². The molecule has 6 heteroatoms. The van der Waals surface area contributed by atoms with Crippen LogP contribution in [0.2, 0.25) is 0 Å². The molecule has 1 aliphatic heterocycles. The van der Waals surface area contributed by atoms with Gasteiger partial charge in [0.1, 0.15) is 0 Å². The van der Waals surface area contributed by atoms with E-state index in [2.05, 4.69) is 17.4 Å². The SMILES string of the molecule is CCOc1cc(C(=O)NCC2(c3ccccc3)CCOCC2)cc(OCC)c1OCC. The van der Waals surface area contributed by atoms with E-state index in [1.54, 1.807) is 12.1 Å². The van der Waals surface area contributed by atoms with Crippen LogP contribution in [0.25, 0.3) is 0 Å². The number of benzene rings is 2. The lowest BCUT2D eigenvalue weighted by Gasteiger charge is -2.38. The molecule has 168 valence electrons. The second kappa shape index (κ2) is 11.0. The van der Waals surface area contributed by atoms with Crippen molar-refractivity contribution in [3.63, 3.8) is 0 Å². The molecule has 1 heterocycles. The third-order valence-corrected chi connectivity index (χ3v) is 5.59. The van der Waals surface area contributed by atoms with Gasteiger partial charge < -0.3 is 24.3 Å². The highest BCUT2D eigenvalue weighted by Gasteiger charge is 2.35. The minimum Gasteiger partial charge on any atom is -0.490 e. The summed E-state index contributed by atoms with van der Waals surface area (Å²) < 4.78 is 22.8. The Morgan fingerprint density at radius 2 is 1.52 bits per heavy atom. The van der Waals surface area contributed by atoms with E-state index in [0.29, 0.717) is 62.4 Å². The van der Waals surface area contributed by atoms with Gasteiger partial charge in [-0.15, -0.1) is 0 Å². The number of hydrogen-bond donors (Lipinski definition) is 1. The maximum absolute atomic E-state index is 13.1. The second-order valence-electron chi connectivity index (χ2n) is 7.54. The Bertz CT molecular complexity index is 819. The Labute approximate surface area is 184 Å². The van der Waals surface area contributed by atoms with Crippen molar-refractivity contribution in [2.24, 2.45) is 0 Å². The van der Waals surface area contributed by atoms with Gasteiger partial charge in [-0.25, -0.2) is 0 Å². The lowest BCUT2D eigenvalue weighted by molar-refractivity contribution is 0.0487. The van der Waals surface area contributed by atoms with E-state index in [9.17, 15) is 4.79 Å². The van der Waals surface area contributed by atoms with Gasteiger partial charge in [0.25, 0.3) is 5.91 Å². The molecule has 6 nitrogen and oxygen atoms in total. The lowest BCUT2D eigenvalue weighted by Crippen LogP contribution is -2.44. The van der Waals surface area contributed by atoms with E-state index in [4.69, 9.17) is 18.9 Å². The highest BCUT2D eigenvalue weighted by atomic mass is 16.5. The summed E-state index contributed by atoms with van der Waals surface area (Å²) in [7, 11) is 0. The fraction of sp³-hybridized carbons (Fsp3) is 0.480. The molecule has 0 bridgehead atoms. The molecule has 0 unspecified atom stereocenters. The second-order valence-corrected chi connectivity index (χ2v) is 7.54. The summed E-state index contributed by atoms with van der Waals surface area (Å²) in [5.74, 6) is 1.41. The monoisotopic (exact) mass is 427 g/mol. The van der Waals surface area contributed by atoms with Crippen LogP contribution in [-0.4, -0.2) is 45.5 Å². The van der Waals surface area contributed by atoms with Crippen molar-refractivity contribution < 1.29 is 23.7 Å². The van der Waals surface area contributed by atoms with Crippen molar-refractivity contribution in [2.45, 2.75) is 39.0 Å². The maximum Gasteiger partial charge on any atom is 0.251 e. The molecule has 2 aromatic carbocycles. The zero-order chi connectivity index (χ0) is 22.1. The van der Waals surface area contributed by atoms with E-state index in [1.807, 2.05) is 39.0 Å². The first kappa shape index (κ1) is 22.9. The zero-order valence-corrected chi connectivity index (χ0v) is 18.7. The summed E-state index contributed by atoms with van der Waals surface area (Å²) in [5, 5.41) is 3.15. The van der Waals surface area contributed by atoms with Crippen molar-refractivity contribution in [2.75, 3.05) is 39.6 Å². The predicted molar refractivity (Wildman–Crippen MR) is 120 cm³/mol. The largest absolute Gasteiger partial charge is 0.490 e. The van der Waals surface area contributed by atoms with Crippen molar-refractivity contribution in [3.8, 4) is 17.2 Å². The summed E-state index contributed by atoms with van der Waals surface area (Å²) in [6.45, 7) is 9.04. The summed E-state index contributed by atoms with van der Waals surface area (Å²) in [6.07, 6.45) is 1.74. The van der Waals surface area contributed by atoms with Gasteiger partial charge in [0.05, 0.1) is 19.8 Å². The third kappa shape index (κ3) is 5.50. The molecule has 1 amide bonds. The van der Waals surface area contributed by atoms with Crippen molar-refractivity contribution in [1.29, 1.82) is 0 Å². The summed E-state index contributed by atoms with van der Waals surface area (Å²) in [4.78, 5) is 13.1. The number of ether oxygens (including phenoxy) is 4. The van der Waals surface area contributed by atoms with Gasteiger partial charge >= 0.3 is 0 Å². The zero-order valence-electron chi connectivity index (χ0n) is 18.7. The van der Waals surface area contributed by atoms with Crippen molar-refractivity contribution in [3.05, 3.63) is 53.6 Å². The quantitative estimate of drug-likeness (QED) is 0.610. The molecule has 3 rings (SSSR count). The average molecular weight is 428 g/mol. The number of hydrogen-bond acceptors (Lipinski definition) is 5. The molecule has 0 aliphatic carbocycles. The molecular formula is C25H33NO5. The molecule has 0 saturated carbocycles. The topological polar surface area (TPSA) is 66.0 Å². The Kier molecular flexibility index (Phi) is 8.18. The maximum atomic E-state index is 13.1. The van der Waals surface area contributed by atoms with E-state index < -0.39 is 0 Å². The first-order chi connectivity index (χ1) is 15.1. The first-order valence-electron chi connectivity index (χ1n) is 11.1. The molecule has 0 radical (unpaired) electrons. The number of amides is 1. The molecule has 0 atom stereocenters. The van der Waals surface area contributed by atoms with Gasteiger partial charge in [0.15, 0.2) is 11.5 Å². The Morgan fingerprint density at radius 3 is 2.06 bits per heavy atom. The highest BCUT2D eigenvalue weighted by Crippen LogP contribution is 2.39. The normalized spacial score (nSPS) is 15.2. The van der Waals surface area contributed by atoms with E-state index in [1.165, 1.54) is 5.56 Å². The number of carbonyl (C=O) groups excluding carboxylic acids is 1. The molecule has 0 spiro atoms. The molecule has 0 aromatic heterocycles. The van der Waals surface area contributed by atoms with Crippen LogP contribution in [0.4, 0.5) is 0 Å². The van der Waals surface area contributed by atoms with Gasteiger partial charge in [0, 0.05) is 30.7 Å². The first-order valence-corrected chi connectivity index (χ1v) is 11.1. The van der Waals surface area contributed by atoms with E-state index in [-0.39, 0.29) is 11.3 Å². The number of nitrogens with one attached hydrogen (secondary N) is 1. The van der Waals surface area contributed by atoms with Crippen molar-refractivity contribution >= 4 is 5.91 Å². The number of carbonyl (C=O) groups is 1. The van der Waals surface area contributed by atoms with Crippen LogP contribution in [0.15, 0.2) is 42.5 Å². The third-order valence-electron chi connectivity index (χ3n) is 5.59. The molecule has 1 N–H and O–H groups in total. The van der Waals surface area contributed by atoms with E-state index >= 15 is 0 Å². The van der Waals surface area contributed by atoms with Crippen LogP contribution >= 0.6 is 0 Å². The summed E-state index contributed by atoms with van der Waals surface area (Å²) in [5.41, 5.74) is 1.59. The smallest absolute Gasteiger partial charge is 0.251 e. The van der Waals surface area contributed by atoms with Gasteiger partial charge in [-0.1, -0.05) is 30.3 Å². The summed E-state index contributed by atoms with van der Waals surface area (Å²) in [6, 6.07) is 13.8. The van der Waals surface area contributed by atoms with Gasteiger partial charge in [-0.3, -0.25) is 4.79 Å². The fourth-order valence-electron chi connectivity index (χ4n) is 3.99. The van der Waals surface area contributed by atoms with Crippen LogP contribution < -0.4 is 19.5 Å². The van der Waals surface area contributed by atoms with E-state index in [0.717, 1.165) is 12.8 Å². The fourth-order valence-corrected chi connectivity index (χ4v) is 3.99. The van der Waals surface area contributed by atoms with Gasteiger partial charge in [-0.05, 0) is 51.3 Å². The highest BCUT2D eigenvalue weighted by molar-refractivity contribution is 5.95. The standard InChI is InChI=1S/C25H33NO5/c1-4-29-21-16-19(17-22(30-5-2)23(21)31-6-3)24(27)26-18-25(12-14-28-15-13-25)20-10-8-7-9-11-20/h7-11,16-17H,4-6,12-15,18H2,1-3H3,(H,26,27). The van der Waals surface area contributed by atoms with Gasteiger partial charge in [0.2, 0.25) is 5.75 Å². The Morgan fingerprint density at radius 1 is 0.935 bits per heavy atom. The molecule has 31 heavy (non-hydrogen) atoms. The molecule has 1 aliphatic rings. The van der Waals surface area contributed by atoms with Crippen LogP contribution in [0.3, 0.4) is 0 Å².